The molecule has 1 aromatic carbocycles. The van der Waals surface area contributed by atoms with Gasteiger partial charge in [-0.15, -0.1) is 0 Å². The second-order valence-corrected chi connectivity index (χ2v) is 5.48. The van der Waals surface area contributed by atoms with Gasteiger partial charge in [0.2, 0.25) is 0 Å². The molecule has 0 aromatic heterocycles. The summed E-state index contributed by atoms with van der Waals surface area (Å²) in [6.45, 7) is 2.56. The van der Waals surface area contributed by atoms with Crippen LogP contribution in [0.2, 0.25) is 5.02 Å². The van der Waals surface area contributed by atoms with Crippen LogP contribution in [-0.2, 0) is 0 Å². The van der Waals surface area contributed by atoms with Crippen LogP contribution in [0.3, 0.4) is 0 Å². The molecular formula is C13H16ClN. The maximum atomic E-state index is 6.03. The Bertz CT molecular complexity index is 377. The molecule has 0 N–H and O–H groups in total. The summed E-state index contributed by atoms with van der Waals surface area (Å²) in [7, 11) is 2.23. The van der Waals surface area contributed by atoms with Gasteiger partial charge in [-0.05, 0) is 48.9 Å². The molecular weight excluding hydrogens is 206 g/mol. The molecule has 1 saturated heterocycles. The van der Waals surface area contributed by atoms with E-state index >= 15 is 0 Å². The Balaban J connectivity index is 1.80. The van der Waals surface area contributed by atoms with Gasteiger partial charge >= 0.3 is 0 Å². The zero-order chi connectivity index (χ0) is 10.4. The molecule has 1 heterocycles. The maximum absolute atomic E-state index is 6.03. The highest BCUT2D eigenvalue weighted by Gasteiger charge is 2.46. The molecule has 1 aromatic rings. The first-order valence-corrected chi connectivity index (χ1v) is 6.06. The Morgan fingerprint density at radius 1 is 1.33 bits per heavy atom. The predicted octanol–water partition coefficient (Wildman–Crippen LogP) is 3.01. The van der Waals surface area contributed by atoms with Crippen molar-refractivity contribution in [3.8, 4) is 0 Å². The molecule has 0 radical (unpaired) electrons. The molecule has 2 fully saturated rings. The topological polar surface area (TPSA) is 3.24 Å². The lowest BCUT2D eigenvalue weighted by Gasteiger charge is -2.40. The Kier molecular flexibility index (Phi) is 2.26. The van der Waals surface area contributed by atoms with E-state index in [0.29, 0.717) is 0 Å². The van der Waals surface area contributed by atoms with Gasteiger partial charge in [0.25, 0.3) is 0 Å². The summed E-state index contributed by atoms with van der Waals surface area (Å²) in [6.07, 6.45) is 1.36. The fourth-order valence-electron chi connectivity index (χ4n) is 3.25. The smallest absolute Gasteiger partial charge is 0.0408 e. The van der Waals surface area contributed by atoms with Crippen molar-refractivity contribution in [3.05, 3.63) is 34.9 Å². The highest BCUT2D eigenvalue weighted by molar-refractivity contribution is 6.30. The minimum atomic E-state index is 0.763. The van der Waals surface area contributed by atoms with E-state index in [4.69, 9.17) is 11.6 Å². The third kappa shape index (κ3) is 1.58. The molecule has 3 atom stereocenters. The standard InChI is InChI=1S/C13H16ClN/c1-15-7-10-6-12(13(10)8-15)9-3-2-4-11(14)5-9/h2-5,10,12-13H,6-8H2,1H3/t10-,12?,13+/m1/s1. The van der Waals surface area contributed by atoms with Gasteiger partial charge in [0.05, 0.1) is 0 Å². The molecule has 15 heavy (non-hydrogen) atoms. The van der Waals surface area contributed by atoms with Crippen LogP contribution in [0.15, 0.2) is 24.3 Å². The van der Waals surface area contributed by atoms with Crippen molar-refractivity contribution in [2.45, 2.75) is 12.3 Å². The number of rotatable bonds is 1. The Morgan fingerprint density at radius 2 is 2.20 bits per heavy atom. The monoisotopic (exact) mass is 221 g/mol. The summed E-state index contributed by atoms with van der Waals surface area (Å²) >= 11 is 6.03. The summed E-state index contributed by atoms with van der Waals surface area (Å²) in [5.41, 5.74) is 1.44. The molecule has 0 bridgehead atoms. The van der Waals surface area contributed by atoms with Crippen LogP contribution in [0.5, 0.6) is 0 Å². The number of benzene rings is 1. The lowest BCUT2D eigenvalue weighted by Crippen LogP contribution is -2.33. The van der Waals surface area contributed by atoms with Crippen LogP contribution >= 0.6 is 11.6 Å². The van der Waals surface area contributed by atoms with Gasteiger partial charge in [0.15, 0.2) is 0 Å². The van der Waals surface area contributed by atoms with Crippen LogP contribution in [0.4, 0.5) is 0 Å². The van der Waals surface area contributed by atoms with Gasteiger partial charge in [0, 0.05) is 18.1 Å². The van der Waals surface area contributed by atoms with Crippen molar-refractivity contribution in [1.82, 2.24) is 4.90 Å². The van der Waals surface area contributed by atoms with E-state index in [2.05, 4.69) is 30.1 Å². The maximum Gasteiger partial charge on any atom is 0.0408 e. The summed E-state index contributed by atoms with van der Waals surface area (Å²) in [5, 5.41) is 0.877. The number of halogens is 1. The van der Waals surface area contributed by atoms with Crippen molar-refractivity contribution >= 4 is 11.6 Å². The normalized spacial score (nSPS) is 34.9. The molecule has 2 heteroatoms. The van der Waals surface area contributed by atoms with Crippen molar-refractivity contribution in [3.63, 3.8) is 0 Å². The second-order valence-electron chi connectivity index (χ2n) is 5.04. The van der Waals surface area contributed by atoms with E-state index < -0.39 is 0 Å². The minimum Gasteiger partial charge on any atom is -0.306 e. The number of nitrogens with zero attached hydrogens (tertiary/aromatic N) is 1. The van der Waals surface area contributed by atoms with Crippen molar-refractivity contribution in [1.29, 1.82) is 0 Å². The van der Waals surface area contributed by atoms with Gasteiger partial charge in [0.1, 0.15) is 0 Å². The fraction of sp³-hybridized carbons (Fsp3) is 0.538. The lowest BCUT2D eigenvalue weighted by molar-refractivity contribution is 0.191. The Labute approximate surface area is 96.0 Å². The fourth-order valence-corrected chi connectivity index (χ4v) is 3.45. The summed E-state index contributed by atoms with van der Waals surface area (Å²) in [6, 6.07) is 8.40. The Morgan fingerprint density at radius 3 is 2.93 bits per heavy atom. The summed E-state index contributed by atoms with van der Waals surface area (Å²) < 4.78 is 0. The predicted molar refractivity (Wildman–Crippen MR) is 63.3 cm³/mol. The largest absolute Gasteiger partial charge is 0.306 e. The number of likely N-dealkylation sites (tertiary alicyclic amines) is 1. The first-order chi connectivity index (χ1) is 7.24. The van der Waals surface area contributed by atoms with Crippen LogP contribution < -0.4 is 0 Å². The number of hydrogen-bond donors (Lipinski definition) is 0. The van der Waals surface area contributed by atoms with Crippen LogP contribution in [0, 0.1) is 11.8 Å². The van der Waals surface area contributed by atoms with Gasteiger partial charge in [-0.3, -0.25) is 0 Å². The quantitative estimate of drug-likeness (QED) is 0.705. The second kappa shape index (κ2) is 3.50. The molecule has 80 valence electrons. The summed E-state index contributed by atoms with van der Waals surface area (Å²) in [5.74, 6) is 2.59. The molecule has 1 unspecified atom stereocenters. The molecule has 2 aliphatic rings. The average molecular weight is 222 g/mol. The van der Waals surface area contributed by atoms with Gasteiger partial charge in [-0.2, -0.15) is 0 Å². The van der Waals surface area contributed by atoms with Crippen molar-refractivity contribution in [2.24, 2.45) is 11.8 Å². The minimum absolute atomic E-state index is 0.763. The third-order valence-corrected chi connectivity index (χ3v) is 4.26. The zero-order valence-electron chi connectivity index (χ0n) is 8.99. The lowest BCUT2D eigenvalue weighted by atomic mass is 9.64. The van der Waals surface area contributed by atoms with E-state index in [1.54, 1.807) is 0 Å². The SMILES string of the molecule is CN1C[C@H]2CC(c3cccc(Cl)c3)[C@H]2C1. The molecule has 0 amide bonds. The molecule has 1 aliphatic carbocycles. The number of hydrogen-bond acceptors (Lipinski definition) is 1. The highest BCUT2D eigenvalue weighted by atomic mass is 35.5. The van der Waals surface area contributed by atoms with E-state index in [1.165, 1.54) is 25.1 Å². The van der Waals surface area contributed by atoms with Crippen LogP contribution in [0.25, 0.3) is 0 Å². The molecule has 1 aliphatic heterocycles. The average Bonchev–Trinajstić information content (AvgIpc) is 2.46. The van der Waals surface area contributed by atoms with E-state index in [0.717, 1.165) is 22.8 Å². The number of fused-ring (bicyclic) bond motifs is 1. The first kappa shape index (κ1) is 9.68. The molecule has 1 saturated carbocycles. The van der Waals surface area contributed by atoms with Crippen LogP contribution in [-0.4, -0.2) is 25.0 Å². The Hall–Kier alpha value is -0.530. The van der Waals surface area contributed by atoms with Gasteiger partial charge in [-0.1, -0.05) is 23.7 Å². The van der Waals surface area contributed by atoms with Crippen LogP contribution in [0.1, 0.15) is 17.9 Å². The van der Waals surface area contributed by atoms with E-state index in [1.807, 2.05) is 6.07 Å². The van der Waals surface area contributed by atoms with E-state index in [-0.39, 0.29) is 0 Å². The first-order valence-electron chi connectivity index (χ1n) is 5.68. The van der Waals surface area contributed by atoms with Crippen molar-refractivity contribution in [2.75, 3.05) is 20.1 Å². The van der Waals surface area contributed by atoms with Gasteiger partial charge in [-0.25, -0.2) is 0 Å². The molecule has 1 nitrogen and oxygen atoms in total. The highest BCUT2D eigenvalue weighted by Crippen LogP contribution is 2.51. The molecule has 0 spiro atoms. The van der Waals surface area contributed by atoms with E-state index in [9.17, 15) is 0 Å². The zero-order valence-corrected chi connectivity index (χ0v) is 9.74. The third-order valence-electron chi connectivity index (χ3n) is 4.02. The van der Waals surface area contributed by atoms with Gasteiger partial charge < -0.3 is 4.90 Å². The van der Waals surface area contributed by atoms with Crippen molar-refractivity contribution < 1.29 is 0 Å². The summed E-state index contributed by atoms with van der Waals surface area (Å²) in [4.78, 5) is 2.46. The molecule has 3 rings (SSSR count).